The summed E-state index contributed by atoms with van der Waals surface area (Å²) in [5, 5.41) is 3.77. The van der Waals surface area contributed by atoms with E-state index in [4.69, 9.17) is 16.3 Å². The third-order valence-corrected chi connectivity index (χ3v) is 3.77. The standard InChI is InChI=1S/C18H14ClFN2O2/c1-11-4-6-15(14(20)9-11)22-17(23)10-24-16-7-5-13(19)12-3-2-8-21-18(12)16/h2-9H,10H2,1H3,(H,22,23). The summed E-state index contributed by atoms with van der Waals surface area (Å²) in [7, 11) is 0. The molecule has 0 bridgehead atoms. The number of halogens is 2. The minimum atomic E-state index is -0.484. The number of hydrogen-bond acceptors (Lipinski definition) is 3. The van der Waals surface area contributed by atoms with Gasteiger partial charge in [0.2, 0.25) is 0 Å². The third kappa shape index (κ3) is 3.46. The first-order valence-electron chi connectivity index (χ1n) is 7.26. The van der Waals surface area contributed by atoms with Gasteiger partial charge in [0.15, 0.2) is 6.61 Å². The fourth-order valence-electron chi connectivity index (χ4n) is 2.28. The van der Waals surface area contributed by atoms with Crippen LogP contribution in [0.5, 0.6) is 5.75 Å². The summed E-state index contributed by atoms with van der Waals surface area (Å²) in [6.07, 6.45) is 1.62. The molecule has 3 aromatic rings. The molecule has 4 nitrogen and oxygen atoms in total. The van der Waals surface area contributed by atoms with Gasteiger partial charge in [0.25, 0.3) is 5.91 Å². The maximum absolute atomic E-state index is 13.7. The topological polar surface area (TPSA) is 51.2 Å². The highest BCUT2D eigenvalue weighted by Gasteiger charge is 2.11. The predicted octanol–water partition coefficient (Wildman–Crippen LogP) is 4.35. The number of aryl methyl sites for hydroxylation is 1. The predicted molar refractivity (Wildman–Crippen MR) is 92.0 cm³/mol. The molecule has 0 saturated heterocycles. The normalized spacial score (nSPS) is 10.6. The first-order valence-corrected chi connectivity index (χ1v) is 7.64. The molecule has 1 aromatic heterocycles. The number of carbonyl (C=O) groups is 1. The minimum absolute atomic E-state index is 0.119. The number of amides is 1. The van der Waals surface area contributed by atoms with Crippen LogP contribution in [0.4, 0.5) is 10.1 Å². The number of nitrogens with one attached hydrogen (secondary N) is 1. The molecule has 1 heterocycles. The number of nitrogens with zero attached hydrogens (tertiary/aromatic N) is 1. The largest absolute Gasteiger partial charge is 0.481 e. The van der Waals surface area contributed by atoms with E-state index >= 15 is 0 Å². The van der Waals surface area contributed by atoms with Crippen molar-refractivity contribution < 1.29 is 13.9 Å². The molecule has 0 radical (unpaired) electrons. The SMILES string of the molecule is Cc1ccc(NC(=O)COc2ccc(Cl)c3cccnc23)c(F)c1. The second-order valence-electron chi connectivity index (χ2n) is 5.27. The molecule has 0 aliphatic rings. The second-order valence-corrected chi connectivity index (χ2v) is 5.67. The summed E-state index contributed by atoms with van der Waals surface area (Å²) < 4.78 is 19.3. The van der Waals surface area contributed by atoms with E-state index in [2.05, 4.69) is 10.3 Å². The Morgan fingerprint density at radius 1 is 1.29 bits per heavy atom. The average Bonchev–Trinajstić information content (AvgIpc) is 2.57. The third-order valence-electron chi connectivity index (χ3n) is 3.44. The Kier molecular flexibility index (Phi) is 4.62. The number of benzene rings is 2. The first kappa shape index (κ1) is 16.2. The fraction of sp³-hybridized carbons (Fsp3) is 0.111. The Bertz CT molecular complexity index is 915. The molecule has 0 aliphatic carbocycles. The van der Waals surface area contributed by atoms with E-state index < -0.39 is 11.7 Å². The smallest absolute Gasteiger partial charge is 0.262 e. The molecule has 6 heteroatoms. The molecular weight excluding hydrogens is 331 g/mol. The van der Waals surface area contributed by atoms with Gasteiger partial charge in [-0.3, -0.25) is 9.78 Å². The number of rotatable bonds is 4. The first-order chi connectivity index (χ1) is 11.5. The lowest BCUT2D eigenvalue weighted by Crippen LogP contribution is -2.21. The van der Waals surface area contributed by atoms with Gasteiger partial charge in [0, 0.05) is 11.6 Å². The quantitative estimate of drug-likeness (QED) is 0.765. The van der Waals surface area contributed by atoms with Crippen LogP contribution in [-0.2, 0) is 4.79 Å². The molecule has 3 rings (SSSR count). The van der Waals surface area contributed by atoms with Crippen LogP contribution in [-0.4, -0.2) is 17.5 Å². The van der Waals surface area contributed by atoms with Crippen molar-refractivity contribution in [1.82, 2.24) is 4.98 Å². The van der Waals surface area contributed by atoms with Crippen molar-refractivity contribution in [3.8, 4) is 5.75 Å². The molecule has 0 fully saturated rings. The zero-order valence-corrected chi connectivity index (χ0v) is 13.6. The Labute approximate surface area is 143 Å². The van der Waals surface area contributed by atoms with E-state index in [1.807, 2.05) is 6.07 Å². The monoisotopic (exact) mass is 344 g/mol. The molecule has 122 valence electrons. The van der Waals surface area contributed by atoms with E-state index in [1.54, 1.807) is 37.4 Å². The van der Waals surface area contributed by atoms with E-state index in [1.165, 1.54) is 12.1 Å². The van der Waals surface area contributed by atoms with Crippen molar-refractivity contribution in [2.24, 2.45) is 0 Å². The zero-order chi connectivity index (χ0) is 17.1. The van der Waals surface area contributed by atoms with Gasteiger partial charge in [-0.25, -0.2) is 4.39 Å². The van der Waals surface area contributed by atoms with Crippen molar-refractivity contribution in [2.75, 3.05) is 11.9 Å². The number of fused-ring (bicyclic) bond motifs is 1. The molecule has 0 spiro atoms. The lowest BCUT2D eigenvalue weighted by Gasteiger charge is -2.10. The zero-order valence-electron chi connectivity index (χ0n) is 12.8. The molecule has 1 N–H and O–H groups in total. The maximum atomic E-state index is 13.7. The summed E-state index contributed by atoms with van der Waals surface area (Å²) in [6, 6.07) is 11.5. The van der Waals surface area contributed by atoms with Gasteiger partial charge >= 0.3 is 0 Å². The summed E-state index contributed by atoms with van der Waals surface area (Å²) in [6.45, 7) is 1.51. The van der Waals surface area contributed by atoms with Crippen molar-refractivity contribution in [3.63, 3.8) is 0 Å². The van der Waals surface area contributed by atoms with Crippen LogP contribution < -0.4 is 10.1 Å². The summed E-state index contributed by atoms with van der Waals surface area (Å²) in [5.41, 5.74) is 1.47. The van der Waals surface area contributed by atoms with Crippen molar-refractivity contribution in [1.29, 1.82) is 0 Å². The van der Waals surface area contributed by atoms with Crippen LogP contribution in [0.2, 0.25) is 5.02 Å². The molecular formula is C18H14ClFN2O2. The number of carbonyl (C=O) groups excluding carboxylic acids is 1. The van der Waals surface area contributed by atoms with Crippen molar-refractivity contribution >= 4 is 34.1 Å². The highest BCUT2D eigenvalue weighted by molar-refractivity contribution is 6.35. The van der Waals surface area contributed by atoms with Crippen LogP contribution in [0.3, 0.4) is 0 Å². The molecule has 0 saturated carbocycles. The minimum Gasteiger partial charge on any atom is -0.481 e. The van der Waals surface area contributed by atoms with Crippen LogP contribution in [0, 0.1) is 12.7 Å². The Hall–Kier alpha value is -2.66. The van der Waals surface area contributed by atoms with Crippen molar-refractivity contribution in [3.05, 3.63) is 65.1 Å². The van der Waals surface area contributed by atoms with E-state index in [-0.39, 0.29) is 12.3 Å². The molecule has 0 unspecified atom stereocenters. The number of hydrogen-bond donors (Lipinski definition) is 1. The van der Waals surface area contributed by atoms with Gasteiger partial charge < -0.3 is 10.1 Å². The summed E-state index contributed by atoms with van der Waals surface area (Å²) in [5.74, 6) is -0.506. The lowest BCUT2D eigenvalue weighted by atomic mass is 10.2. The Morgan fingerprint density at radius 2 is 2.12 bits per heavy atom. The second kappa shape index (κ2) is 6.84. The highest BCUT2D eigenvalue weighted by Crippen LogP contribution is 2.29. The summed E-state index contributed by atoms with van der Waals surface area (Å²) in [4.78, 5) is 16.2. The van der Waals surface area contributed by atoms with Gasteiger partial charge in [0.05, 0.1) is 10.7 Å². The Morgan fingerprint density at radius 3 is 2.92 bits per heavy atom. The molecule has 0 atom stereocenters. The van der Waals surface area contributed by atoms with Gasteiger partial charge in [-0.2, -0.15) is 0 Å². The maximum Gasteiger partial charge on any atom is 0.262 e. The average molecular weight is 345 g/mol. The van der Waals surface area contributed by atoms with Crippen LogP contribution in [0.25, 0.3) is 10.9 Å². The molecule has 0 aliphatic heterocycles. The van der Waals surface area contributed by atoms with Crippen LogP contribution in [0.1, 0.15) is 5.56 Å². The Balaban J connectivity index is 1.72. The number of aromatic nitrogens is 1. The molecule has 2 aromatic carbocycles. The van der Waals surface area contributed by atoms with Gasteiger partial charge in [-0.15, -0.1) is 0 Å². The van der Waals surface area contributed by atoms with Gasteiger partial charge in [-0.1, -0.05) is 17.7 Å². The number of pyridine rings is 1. The van der Waals surface area contributed by atoms with Crippen LogP contribution >= 0.6 is 11.6 Å². The highest BCUT2D eigenvalue weighted by atomic mass is 35.5. The molecule has 1 amide bonds. The van der Waals surface area contributed by atoms with Crippen molar-refractivity contribution in [2.45, 2.75) is 6.92 Å². The van der Waals surface area contributed by atoms with Gasteiger partial charge in [-0.05, 0) is 48.9 Å². The van der Waals surface area contributed by atoms with E-state index in [0.717, 1.165) is 10.9 Å². The van der Waals surface area contributed by atoms with Gasteiger partial charge in [0.1, 0.15) is 17.1 Å². The summed E-state index contributed by atoms with van der Waals surface area (Å²) >= 11 is 6.11. The number of anilines is 1. The van der Waals surface area contributed by atoms with Crippen LogP contribution in [0.15, 0.2) is 48.7 Å². The molecule has 24 heavy (non-hydrogen) atoms. The van der Waals surface area contributed by atoms with E-state index in [0.29, 0.717) is 16.3 Å². The fourth-order valence-corrected chi connectivity index (χ4v) is 2.50. The number of ether oxygens (including phenoxy) is 1. The lowest BCUT2D eigenvalue weighted by molar-refractivity contribution is -0.118. The van der Waals surface area contributed by atoms with E-state index in [9.17, 15) is 9.18 Å².